The van der Waals surface area contributed by atoms with Gasteiger partial charge in [0.15, 0.2) is 5.16 Å². The lowest BCUT2D eigenvalue weighted by molar-refractivity contribution is -0.115. The number of nitrogens with zero attached hydrogens (tertiary/aromatic N) is 3. The third-order valence-corrected chi connectivity index (χ3v) is 4.56. The Hall–Kier alpha value is -2.16. The molecule has 1 N–H and O–H groups in total. The van der Waals surface area contributed by atoms with Crippen molar-refractivity contribution in [3.63, 3.8) is 0 Å². The first-order valence-corrected chi connectivity index (χ1v) is 8.33. The number of hydrogen-bond acceptors (Lipinski definition) is 5. The van der Waals surface area contributed by atoms with Crippen LogP contribution < -0.4 is 10.1 Å². The maximum Gasteiger partial charge on any atom is 0.387 e. The van der Waals surface area contributed by atoms with Gasteiger partial charge in [0.25, 0.3) is 0 Å². The summed E-state index contributed by atoms with van der Waals surface area (Å²) in [6.45, 7) is -1.23. The van der Waals surface area contributed by atoms with Crippen molar-refractivity contribution in [1.82, 2.24) is 14.8 Å². The SMILES string of the molecule is C[C@@H](Sc1nncn1C1CC1)C(=O)Nc1ccccc1OC(F)F. The van der Waals surface area contributed by atoms with Gasteiger partial charge in [-0.05, 0) is 31.9 Å². The van der Waals surface area contributed by atoms with Crippen molar-refractivity contribution in [2.75, 3.05) is 5.32 Å². The summed E-state index contributed by atoms with van der Waals surface area (Å²) in [5, 5.41) is 10.7. The molecule has 1 heterocycles. The molecule has 1 aliphatic carbocycles. The fraction of sp³-hybridized carbons (Fsp3) is 0.400. The zero-order chi connectivity index (χ0) is 17.1. The van der Waals surface area contributed by atoms with Crippen molar-refractivity contribution in [3.8, 4) is 5.75 Å². The Morgan fingerprint density at radius 2 is 2.17 bits per heavy atom. The first kappa shape index (κ1) is 16.7. The number of ether oxygens (including phenoxy) is 1. The molecule has 1 aliphatic rings. The maximum absolute atomic E-state index is 12.4. The molecule has 1 fully saturated rings. The highest BCUT2D eigenvalue weighted by atomic mass is 32.2. The number of hydrogen-bond donors (Lipinski definition) is 1. The lowest BCUT2D eigenvalue weighted by atomic mass is 10.3. The van der Waals surface area contributed by atoms with Gasteiger partial charge >= 0.3 is 6.61 Å². The van der Waals surface area contributed by atoms with Gasteiger partial charge < -0.3 is 14.6 Å². The topological polar surface area (TPSA) is 69.0 Å². The second kappa shape index (κ2) is 7.16. The van der Waals surface area contributed by atoms with Gasteiger partial charge in [0.1, 0.15) is 12.1 Å². The summed E-state index contributed by atoms with van der Waals surface area (Å²) in [4.78, 5) is 12.3. The number of alkyl halides is 2. The summed E-state index contributed by atoms with van der Waals surface area (Å²) in [5.74, 6) is -0.394. The molecule has 3 rings (SSSR count). The molecule has 0 saturated heterocycles. The molecule has 1 aromatic heterocycles. The van der Waals surface area contributed by atoms with Crippen LogP contribution in [0.25, 0.3) is 0 Å². The number of anilines is 1. The Kier molecular flexibility index (Phi) is 4.98. The molecule has 0 radical (unpaired) electrons. The van der Waals surface area contributed by atoms with Crippen molar-refractivity contribution in [3.05, 3.63) is 30.6 Å². The van der Waals surface area contributed by atoms with Crippen LogP contribution in [0, 0.1) is 0 Å². The number of para-hydroxylation sites is 2. The quantitative estimate of drug-likeness (QED) is 0.773. The standard InChI is InChI=1S/C15H16F2N4O2S/c1-9(24-15-20-18-8-21(15)10-6-7-10)13(22)19-11-4-2-3-5-12(11)23-14(16)17/h2-5,8-10,14H,6-7H2,1H3,(H,19,22)/t9-/m1/s1. The Balaban J connectivity index is 1.65. The Labute approximate surface area is 141 Å². The lowest BCUT2D eigenvalue weighted by Crippen LogP contribution is -2.23. The molecule has 2 aromatic rings. The van der Waals surface area contributed by atoms with Crippen molar-refractivity contribution in [1.29, 1.82) is 0 Å². The molecule has 0 bridgehead atoms. The predicted octanol–water partition coefficient (Wildman–Crippen LogP) is 3.33. The predicted molar refractivity (Wildman–Crippen MR) is 85.3 cm³/mol. The number of benzene rings is 1. The van der Waals surface area contributed by atoms with Gasteiger partial charge in [-0.15, -0.1) is 10.2 Å². The molecule has 1 saturated carbocycles. The van der Waals surface area contributed by atoms with E-state index in [4.69, 9.17) is 0 Å². The minimum atomic E-state index is -2.95. The molecule has 1 amide bonds. The smallest absolute Gasteiger partial charge is 0.387 e. The van der Waals surface area contributed by atoms with Crippen LogP contribution in [0.1, 0.15) is 25.8 Å². The fourth-order valence-electron chi connectivity index (χ4n) is 2.13. The second-order valence-corrected chi connectivity index (χ2v) is 6.68. The van der Waals surface area contributed by atoms with E-state index in [1.807, 2.05) is 4.57 Å². The van der Waals surface area contributed by atoms with Crippen LogP contribution in [-0.4, -0.2) is 32.5 Å². The van der Waals surface area contributed by atoms with Crippen LogP contribution in [0.4, 0.5) is 14.5 Å². The van der Waals surface area contributed by atoms with Crippen molar-refractivity contribution < 1.29 is 18.3 Å². The van der Waals surface area contributed by atoms with Gasteiger partial charge in [-0.1, -0.05) is 23.9 Å². The minimum absolute atomic E-state index is 0.0702. The highest BCUT2D eigenvalue weighted by Crippen LogP contribution is 2.38. The van der Waals surface area contributed by atoms with E-state index in [-0.39, 0.29) is 17.3 Å². The molecular weight excluding hydrogens is 338 g/mol. The second-order valence-electron chi connectivity index (χ2n) is 5.38. The average molecular weight is 354 g/mol. The van der Waals surface area contributed by atoms with Gasteiger partial charge in [-0.25, -0.2) is 0 Å². The first-order valence-electron chi connectivity index (χ1n) is 7.45. The molecule has 0 spiro atoms. The summed E-state index contributed by atoms with van der Waals surface area (Å²) in [7, 11) is 0. The van der Waals surface area contributed by atoms with Crippen LogP contribution in [0.3, 0.4) is 0 Å². The third kappa shape index (κ3) is 4.02. The van der Waals surface area contributed by atoms with Crippen LogP contribution in [0.15, 0.2) is 35.7 Å². The molecular formula is C15H16F2N4O2S. The van der Waals surface area contributed by atoms with Gasteiger partial charge in [-0.3, -0.25) is 4.79 Å². The Morgan fingerprint density at radius 1 is 1.42 bits per heavy atom. The van der Waals surface area contributed by atoms with E-state index in [0.29, 0.717) is 11.2 Å². The van der Waals surface area contributed by atoms with Crippen LogP contribution in [-0.2, 0) is 4.79 Å². The summed E-state index contributed by atoms with van der Waals surface area (Å²) in [6.07, 6.45) is 3.84. The van der Waals surface area contributed by atoms with Crippen molar-refractivity contribution >= 4 is 23.4 Å². The molecule has 0 aliphatic heterocycles. The van der Waals surface area contributed by atoms with Crippen LogP contribution in [0.2, 0.25) is 0 Å². The van der Waals surface area contributed by atoms with E-state index in [2.05, 4.69) is 20.3 Å². The van der Waals surface area contributed by atoms with Crippen molar-refractivity contribution in [2.24, 2.45) is 0 Å². The number of aromatic nitrogens is 3. The van der Waals surface area contributed by atoms with E-state index in [0.717, 1.165) is 12.8 Å². The summed E-state index contributed by atoms with van der Waals surface area (Å²) in [6, 6.07) is 6.50. The van der Waals surface area contributed by atoms with Crippen molar-refractivity contribution in [2.45, 2.75) is 42.8 Å². The van der Waals surface area contributed by atoms with Gasteiger partial charge in [0.05, 0.1) is 10.9 Å². The molecule has 9 heteroatoms. The monoisotopic (exact) mass is 354 g/mol. The highest BCUT2D eigenvalue weighted by molar-refractivity contribution is 8.00. The lowest BCUT2D eigenvalue weighted by Gasteiger charge is -2.15. The number of carbonyl (C=O) groups is 1. The zero-order valence-electron chi connectivity index (χ0n) is 12.9. The Bertz CT molecular complexity index is 721. The molecule has 1 atom stereocenters. The highest BCUT2D eigenvalue weighted by Gasteiger charge is 2.28. The van der Waals surface area contributed by atoms with E-state index in [1.165, 1.54) is 23.9 Å². The zero-order valence-corrected chi connectivity index (χ0v) is 13.7. The number of carbonyl (C=O) groups excluding carboxylic acids is 1. The van der Waals surface area contributed by atoms with E-state index < -0.39 is 11.9 Å². The number of amides is 1. The van der Waals surface area contributed by atoms with Crippen LogP contribution >= 0.6 is 11.8 Å². The maximum atomic E-state index is 12.4. The molecule has 0 unspecified atom stereocenters. The first-order chi connectivity index (χ1) is 11.5. The molecule has 128 valence electrons. The van der Waals surface area contributed by atoms with E-state index in [9.17, 15) is 13.6 Å². The molecule has 24 heavy (non-hydrogen) atoms. The Morgan fingerprint density at radius 3 is 2.88 bits per heavy atom. The summed E-state index contributed by atoms with van der Waals surface area (Å²) >= 11 is 1.28. The number of rotatable bonds is 7. The largest absolute Gasteiger partial charge is 0.433 e. The number of thioether (sulfide) groups is 1. The molecule has 1 aromatic carbocycles. The summed E-state index contributed by atoms with van der Waals surface area (Å²) < 4.78 is 31.2. The van der Waals surface area contributed by atoms with E-state index >= 15 is 0 Å². The number of halogens is 2. The van der Waals surface area contributed by atoms with Gasteiger partial charge in [0, 0.05) is 6.04 Å². The third-order valence-electron chi connectivity index (χ3n) is 3.49. The van der Waals surface area contributed by atoms with Gasteiger partial charge in [0.2, 0.25) is 5.91 Å². The minimum Gasteiger partial charge on any atom is -0.433 e. The van der Waals surface area contributed by atoms with E-state index in [1.54, 1.807) is 25.4 Å². The summed E-state index contributed by atoms with van der Waals surface area (Å²) in [5.41, 5.74) is 0.207. The van der Waals surface area contributed by atoms with Gasteiger partial charge in [-0.2, -0.15) is 8.78 Å². The average Bonchev–Trinajstić information content (AvgIpc) is 3.28. The fourth-order valence-corrected chi connectivity index (χ4v) is 3.03. The normalized spacial score (nSPS) is 15.3. The number of nitrogens with one attached hydrogen (secondary N) is 1. The molecule has 6 nitrogen and oxygen atoms in total. The van der Waals surface area contributed by atoms with Crippen LogP contribution in [0.5, 0.6) is 5.75 Å².